The number of amides is 1. The number of rotatable bonds is 6. The van der Waals surface area contributed by atoms with Gasteiger partial charge in [-0.2, -0.15) is 0 Å². The van der Waals surface area contributed by atoms with Crippen molar-refractivity contribution < 1.29 is 23.1 Å². The number of benzene rings is 2. The van der Waals surface area contributed by atoms with Crippen molar-refractivity contribution >= 4 is 17.0 Å². The van der Waals surface area contributed by atoms with Crippen LogP contribution >= 0.6 is 0 Å². The van der Waals surface area contributed by atoms with E-state index in [0.717, 1.165) is 12.8 Å². The first-order valence-corrected chi connectivity index (χ1v) is 9.70. The normalized spacial score (nSPS) is 15.2. The molecule has 1 aliphatic rings. The van der Waals surface area contributed by atoms with E-state index in [-0.39, 0.29) is 17.8 Å². The van der Waals surface area contributed by atoms with Gasteiger partial charge in [0.2, 0.25) is 5.89 Å². The van der Waals surface area contributed by atoms with Gasteiger partial charge in [0.05, 0.1) is 19.3 Å². The molecular weight excluding hydrogens is 375 g/mol. The Labute approximate surface area is 168 Å². The number of fused-ring (bicyclic) bond motifs is 1. The highest BCUT2D eigenvalue weighted by atomic mass is 19.1. The zero-order valence-corrected chi connectivity index (χ0v) is 16.3. The van der Waals surface area contributed by atoms with E-state index < -0.39 is 0 Å². The highest BCUT2D eigenvalue weighted by Crippen LogP contribution is 2.26. The maximum absolute atomic E-state index is 13.5. The Morgan fingerprint density at radius 1 is 1.21 bits per heavy atom. The Hall–Kier alpha value is -2.77. The van der Waals surface area contributed by atoms with Gasteiger partial charge >= 0.3 is 0 Å². The van der Waals surface area contributed by atoms with Crippen LogP contribution in [0.5, 0.6) is 0 Å². The molecule has 6 nitrogen and oxygen atoms in total. The monoisotopic (exact) mass is 398 g/mol. The van der Waals surface area contributed by atoms with Crippen molar-refractivity contribution in [2.24, 2.45) is 0 Å². The minimum absolute atomic E-state index is 0.0300. The molecule has 0 radical (unpaired) electrons. The Kier molecular flexibility index (Phi) is 5.87. The van der Waals surface area contributed by atoms with Gasteiger partial charge in [-0.15, -0.1) is 0 Å². The van der Waals surface area contributed by atoms with E-state index >= 15 is 0 Å². The molecular formula is C22H23FN2O4. The fourth-order valence-electron chi connectivity index (χ4n) is 3.51. The summed E-state index contributed by atoms with van der Waals surface area (Å²) in [6.07, 6.45) is 1.79. The first-order chi connectivity index (χ1) is 14.1. The van der Waals surface area contributed by atoms with Crippen LogP contribution in [0.15, 0.2) is 46.9 Å². The van der Waals surface area contributed by atoms with Crippen molar-refractivity contribution in [1.82, 2.24) is 9.88 Å². The second-order valence-electron chi connectivity index (χ2n) is 7.07. The standard InChI is InChI=1S/C22H23FN2O4/c1-27-11-12-28-18-7-9-25(10-8-18)22(26)16-5-6-20-19(14-16)24-21(29-20)15-3-2-4-17(23)13-15/h2-6,13-14,18H,7-12H2,1H3. The molecule has 3 aromatic rings. The molecule has 0 aliphatic carbocycles. The first-order valence-electron chi connectivity index (χ1n) is 9.70. The number of carbonyl (C=O) groups is 1. The van der Waals surface area contributed by atoms with E-state index in [4.69, 9.17) is 13.9 Å². The molecule has 0 N–H and O–H groups in total. The number of hydrogen-bond donors (Lipinski definition) is 0. The summed E-state index contributed by atoms with van der Waals surface area (Å²) in [6, 6.07) is 11.3. The molecule has 1 amide bonds. The van der Waals surface area contributed by atoms with Crippen LogP contribution in [0.1, 0.15) is 23.2 Å². The zero-order valence-electron chi connectivity index (χ0n) is 16.3. The van der Waals surface area contributed by atoms with Gasteiger partial charge in [-0.3, -0.25) is 4.79 Å². The minimum Gasteiger partial charge on any atom is -0.436 e. The molecule has 1 saturated heterocycles. The van der Waals surface area contributed by atoms with Crippen molar-refractivity contribution in [2.45, 2.75) is 18.9 Å². The smallest absolute Gasteiger partial charge is 0.253 e. The van der Waals surface area contributed by atoms with E-state index in [9.17, 15) is 9.18 Å². The van der Waals surface area contributed by atoms with Gasteiger partial charge in [0, 0.05) is 31.3 Å². The number of ether oxygens (including phenoxy) is 2. The third-order valence-corrected chi connectivity index (χ3v) is 5.08. The lowest BCUT2D eigenvalue weighted by atomic mass is 10.1. The number of aromatic nitrogens is 1. The minimum atomic E-state index is -0.352. The van der Waals surface area contributed by atoms with E-state index in [0.29, 0.717) is 54.4 Å². The van der Waals surface area contributed by atoms with Gasteiger partial charge in [-0.1, -0.05) is 6.07 Å². The molecule has 1 aromatic heterocycles. The molecule has 0 bridgehead atoms. The average molecular weight is 398 g/mol. The summed E-state index contributed by atoms with van der Waals surface area (Å²) in [5, 5.41) is 0. The van der Waals surface area contributed by atoms with Crippen LogP contribution in [0.25, 0.3) is 22.6 Å². The van der Waals surface area contributed by atoms with Crippen LogP contribution in [0, 0.1) is 5.82 Å². The molecule has 29 heavy (non-hydrogen) atoms. The summed E-state index contributed by atoms with van der Waals surface area (Å²) in [7, 11) is 1.65. The molecule has 4 rings (SSSR count). The maximum Gasteiger partial charge on any atom is 0.253 e. The lowest BCUT2D eigenvalue weighted by Gasteiger charge is -2.32. The number of oxazole rings is 1. The van der Waals surface area contributed by atoms with Crippen LogP contribution in [0.4, 0.5) is 4.39 Å². The molecule has 0 spiro atoms. The van der Waals surface area contributed by atoms with Gasteiger partial charge in [-0.25, -0.2) is 9.37 Å². The number of hydrogen-bond acceptors (Lipinski definition) is 5. The van der Waals surface area contributed by atoms with E-state index in [2.05, 4.69) is 4.98 Å². The van der Waals surface area contributed by atoms with Crippen LogP contribution in [0.3, 0.4) is 0 Å². The van der Waals surface area contributed by atoms with Gasteiger partial charge in [0.15, 0.2) is 5.58 Å². The number of nitrogens with zero attached hydrogens (tertiary/aromatic N) is 2. The third-order valence-electron chi connectivity index (χ3n) is 5.08. The summed E-state index contributed by atoms with van der Waals surface area (Å²) in [5.41, 5.74) is 2.26. The Morgan fingerprint density at radius 2 is 2.03 bits per heavy atom. The van der Waals surface area contributed by atoms with Crippen molar-refractivity contribution in [3.8, 4) is 11.5 Å². The maximum atomic E-state index is 13.5. The highest BCUT2D eigenvalue weighted by Gasteiger charge is 2.24. The fourth-order valence-corrected chi connectivity index (χ4v) is 3.51. The molecule has 0 atom stereocenters. The number of halogens is 1. The summed E-state index contributed by atoms with van der Waals surface area (Å²) in [5.74, 6) is -0.0501. The predicted octanol–water partition coefficient (Wildman–Crippen LogP) is 3.90. The lowest BCUT2D eigenvalue weighted by molar-refractivity contribution is -0.0122. The molecule has 2 aromatic carbocycles. The molecule has 1 fully saturated rings. The van der Waals surface area contributed by atoms with Crippen LogP contribution in [-0.2, 0) is 9.47 Å². The highest BCUT2D eigenvalue weighted by molar-refractivity contribution is 5.97. The summed E-state index contributed by atoms with van der Waals surface area (Å²) in [4.78, 5) is 19.2. The molecule has 7 heteroatoms. The lowest BCUT2D eigenvalue weighted by Crippen LogP contribution is -2.41. The molecule has 152 valence electrons. The number of carbonyl (C=O) groups excluding carboxylic acids is 1. The van der Waals surface area contributed by atoms with Gasteiger partial charge in [0.25, 0.3) is 5.91 Å². The first kappa shape index (κ1) is 19.5. The SMILES string of the molecule is COCCOC1CCN(C(=O)c2ccc3oc(-c4cccc(F)c4)nc3c2)CC1. The van der Waals surface area contributed by atoms with Gasteiger partial charge in [-0.05, 0) is 49.2 Å². The Morgan fingerprint density at radius 3 is 2.79 bits per heavy atom. The predicted molar refractivity (Wildman–Crippen MR) is 106 cm³/mol. The van der Waals surface area contributed by atoms with E-state index in [1.165, 1.54) is 12.1 Å². The Bertz CT molecular complexity index is 995. The van der Waals surface area contributed by atoms with Gasteiger partial charge in [0.1, 0.15) is 11.3 Å². The van der Waals surface area contributed by atoms with Crippen molar-refractivity contribution in [1.29, 1.82) is 0 Å². The van der Waals surface area contributed by atoms with E-state index in [1.807, 2.05) is 4.90 Å². The summed E-state index contributed by atoms with van der Waals surface area (Å²) in [6.45, 7) is 2.46. The fraction of sp³-hybridized carbons (Fsp3) is 0.364. The topological polar surface area (TPSA) is 64.8 Å². The summed E-state index contributed by atoms with van der Waals surface area (Å²) >= 11 is 0. The molecule has 0 saturated carbocycles. The molecule has 0 unspecified atom stereocenters. The average Bonchev–Trinajstić information content (AvgIpc) is 3.17. The molecule has 1 aliphatic heterocycles. The van der Waals surface area contributed by atoms with Gasteiger partial charge < -0.3 is 18.8 Å². The summed E-state index contributed by atoms with van der Waals surface area (Å²) < 4.78 is 29.9. The number of likely N-dealkylation sites (tertiary alicyclic amines) is 1. The molecule has 2 heterocycles. The number of methoxy groups -OCH3 is 1. The van der Waals surface area contributed by atoms with Crippen molar-refractivity contribution in [3.05, 3.63) is 53.8 Å². The van der Waals surface area contributed by atoms with Crippen LogP contribution < -0.4 is 0 Å². The van der Waals surface area contributed by atoms with E-state index in [1.54, 1.807) is 37.4 Å². The second kappa shape index (κ2) is 8.71. The Balaban J connectivity index is 1.45. The van der Waals surface area contributed by atoms with Crippen molar-refractivity contribution in [2.75, 3.05) is 33.4 Å². The third kappa shape index (κ3) is 4.46. The quantitative estimate of drug-likeness (QED) is 0.589. The van der Waals surface area contributed by atoms with Crippen molar-refractivity contribution in [3.63, 3.8) is 0 Å². The zero-order chi connectivity index (χ0) is 20.2. The second-order valence-corrected chi connectivity index (χ2v) is 7.07. The van der Waals surface area contributed by atoms with Crippen LogP contribution in [-0.4, -0.2) is 55.3 Å². The van der Waals surface area contributed by atoms with Crippen LogP contribution in [0.2, 0.25) is 0 Å². The number of piperidine rings is 1. The largest absolute Gasteiger partial charge is 0.436 e.